The van der Waals surface area contributed by atoms with E-state index < -0.39 is 9.05 Å². The molecule has 0 spiro atoms. The standard InChI is InChI=1S/C12H15BrClNO4S/c1-12(2)3-5-15(6-4-12)11(16)8-7-9(10(13)19-8)20(14,17)18/h7H,3-6H2,1-2H3. The number of carbonyl (C=O) groups excluding carboxylic acids is 1. The normalized spacial score (nSPS) is 19.1. The summed E-state index contributed by atoms with van der Waals surface area (Å²) in [4.78, 5) is 13.7. The van der Waals surface area contributed by atoms with Crippen molar-refractivity contribution in [1.29, 1.82) is 0 Å². The van der Waals surface area contributed by atoms with Crippen LogP contribution in [-0.2, 0) is 9.05 Å². The minimum atomic E-state index is -3.93. The van der Waals surface area contributed by atoms with Gasteiger partial charge in [0.25, 0.3) is 15.0 Å². The van der Waals surface area contributed by atoms with Gasteiger partial charge in [-0.25, -0.2) is 8.42 Å². The van der Waals surface area contributed by atoms with Crippen LogP contribution in [-0.4, -0.2) is 32.3 Å². The first-order valence-corrected chi connectivity index (χ1v) is 9.24. The monoisotopic (exact) mass is 383 g/mol. The number of carbonyl (C=O) groups is 1. The van der Waals surface area contributed by atoms with Crippen LogP contribution in [0.25, 0.3) is 0 Å². The Morgan fingerprint density at radius 1 is 1.40 bits per heavy atom. The second-order valence-electron chi connectivity index (χ2n) is 5.64. The second-order valence-corrected chi connectivity index (χ2v) is 8.90. The summed E-state index contributed by atoms with van der Waals surface area (Å²) in [5, 5.41) is 0. The Kier molecular flexibility index (Phi) is 4.24. The molecule has 0 bridgehead atoms. The maximum Gasteiger partial charge on any atom is 0.289 e. The van der Waals surface area contributed by atoms with Crippen LogP contribution in [0.4, 0.5) is 0 Å². The maximum absolute atomic E-state index is 12.3. The smallest absolute Gasteiger partial charge is 0.289 e. The molecule has 0 unspecified atom stereocenters. The number of amides is 1. The third-order valence-electron chi connectivity index (χ3n) is 3.53. The molecular formula is C12H15BrClNO4S. The van der Waals surface area contributed by atoms with Gasteiger partial charge in [0.15, 0.2) is 10.4 Å². The molecule has 112 valence electrons. The molecule has 20 heavy (non-hydrogen) atoms. The molecule has 2 heterocycles. The van der Waals surface area contributed by atoms with E-state index >= 15 is 0 Å². The van der Waals surface area contributed by atoms with E-state index in [9.17, 15) is 13.2 Å². The molecule has 1 aliphatic rings. The van der Waals surface area contributed by atoms with E-state index in [2.05, 4.69) is 29.8 Å². The summed E-state index contributed by atoms with van der Waals surface area (Å²) in [5.41, 5.74) is 0.227. The predicted molar refractivity (Wildman–Crippen MR) is 78.4 cm³/mol. The molecule has 1 aromatic heterocycles. The summed E-state index contributed by atoms with van der Waals surface area (Å²) in [7, 11) is 1.33. The fraction of sp³-hybridized carbons (Fsp3) is 0.583. The van der Waals surface area contributed by atoms with E-state index in [1.54, 1.807) is 4.90 Å². The summed E-state index contributed by atoms with van der Waals surface area (Å²) >= 11 is 2.96. The number of hydrogen-bond acceptors (Lipinski definition) is 4. The van der Waals surface area contributed by atoms with Gasteiger partial charge in [-0.1, -0.05) is 13.8 Å². The summed E-state index contributed by atoms with van der Waals surface area (Å²) in [6.45, 7) is 5.59. The fourth-order valence-electron chi connectivity index (χ4n) is 2.09. The van der Waals surface area contributed by atoms with Crippen molar-refractivity contribution in [2.45, 2.75) is 31.6 Å². The highest BCUT2D eigenvalue weighted by Gasteiger charge is 2.31. The molecule has 1 fully saturated rings. The van der Waals surface area contributed by atoms with Gasteiger partial charge in [-0.15, -0.1) is 0 Å². The average molecular weight is 385 g/mol. The summed E-state index contributed by atoms with van der Waals surface area (Å²) < 4.78 is 27.7. The Morgan fingerprint density at radius 2 is 1.95 bits per heavy atom. The van der Waals surface area contributed by atoms with E-state index in [4.69, 9.17) is 15.1 Å². The molecule has 0 saturated carbocycles. The van der Waals surface area contributed by atoms with Gasteiger partial charge < -0.3 is 9.32 Å². The highest BCUT2D eigenvalue weighted by molar-refractivity contribution is 9.10. The van der Waals surface area contributed by atoms with Gasteiger partial charge in [0.05, 0.1) is 0 Å². The van der Waals surface area contributed by atoms with E-state index in [1.807, 2.05) is 0 Å². The highest BCUT2D eigenvalue weighted by Crippen LogP contribution is 2.32. The number of furan rings is 1. The number of halogens is 2. The number of hydrogen-bond donors (Lipinski definition) is 0. The first-order valence-electron chi connectivity index (χ1n) is 6.13. The zero-order valence-electron chi connectivity index (χ0n) is 11.2. The molecular weight excluding hydrogens is 370 g/mol. The number of piperidine rings is 1. The molecule has 1 amide bonds. The van der Waals surface area contributed by atoms with Crippen LogP contribution >= 0.6 is 26.6 Å². The van der Waals surface area contributed by atoms with Crippen LogP contribution in [0.3, 0.4) is 0 Å². The molecule has 0 atom stereocenters. The lowest BCUT2D eigenvalue weighted by Gasteiger charge is -2.36. The van der Waals surface area contributed by atoms with Gasteiger partial charge >= 0.3 is 0 Å². The van der Waals surface area contributed by atoms with Crippen molar-refractivity contribution in [1.82, 2.24) is 4.90 Å². The highest BCUT2D eigenvalue weighted by atomic mass is 79.9. The fourth-order valence-corrected chi connectivity index (χ4v) is 4.13. The maximum atomic E-state index is 12.3. The Morgan fingerprint density at radius 3 is 2.40 bits per heavy atom. The summed E-state index contributed by atoms with van der Waals surface area (Å²) in [6, 6.07) is 1.16. The van der Waals surface area contributed by atoms with Gasteiger partial charge in [-0.05, 0) is 34.2 Å². The number of nitrogens with zero attached hydrogens (tertiary/aromatic N) is 1. The van der Waals surface area contributed by atoms with Crippen LogP contribution < -0.4 is 0 Å². The Labute approximate surface area is 130 Å². The molecule has 1 aliphatic heterocycles. The van der Waals surface area contributed by atoms with Crippen LogP contribution in [0.2, 0.25) is 0 Å². The molecule has 0 N–H and O–H groups in total. The molecule has 2 rings (SSSR count). The summed E-state index contributed by atoms with van der Waals surface area (Å²) in [5.74, 6) is -0.330. The Hall–Kier alpha value is -0.530. The van der Waals surface area contributed by atoms with Crippen molar-refractivity contribution >= 4 is 41.6 Å². The number of rotatable bonds is 2. The van der Waals surface area contributed by atoms with E-state index in [0.29, 0.717) is 13.1 Å². The molecule has 0 aliphatic carbocycles. The van der Waals surface area contributed by atoms with E-state index in [-0.39, 0.29) is 26.6 Å². The second kappa shape index (κ2) is 5.35. The first-order chi connectivity index (χ1) is 9.10. The Bertz CT molecular complexity index is 628. The minimum Gasteiger partial charge on any atom is -0.443 e. The third-order valence-corrected chi connectivity index (χ3v) is 5.71. The summed E-state index contributed by atoms with van der Waals surface area (Å²) in [6.07, 6.45) is 1.81. The lowest BCUT2D eigenvalue weighted by molar-refractivity contribution is 0.0598. The quantitative estimate of drug-likeness (QED) is 0.734. The third kappa shape index (κ3) is 3.38. The molecule has 0 aromatic carbocycles. The van der Waals surface area contributed by atoms with Crippen LogP contribution in [0, 0.1) is 5.41 Å². The van der Waals surface area contributed by atoms with Gasteiger partial charge in [0, 0.05) is 29.8 Å². The number of likely N-dealkylation sites (tertiary alicyclic amines) is 1. The van der Waals surface area contributed by atoms with Crippen LogP contribution in [0.5, 0.6) is 0 Å². The molecule has 8 heteroatoms. The average Bonchev–Trinajstić information content (AvgIpc) is 2.70. The van der Waals surface area contributed by atoms with E-state index in [0.717, 1.165) is 18.9 Å². The molecule has 5 nitrogen and oxygen atoms in total. The van der Waals surface area contributed by atoms with Crippen molar-refractivity contribution in [3.05, 3.63) is 16.5 Å². The van der Waals surface area contributed by atoms with Crippen molar-refractivity contribution in [2.75, 3.05) is 13.1 Å². The molecule has 0 radical (unpaired) electrons. The van der Waals surface area contributed by atoms with Crippen molar-refractivity contribution in [2.24, 2.45) is 5.41 Å². The zero-order chi connectivity index (χ0) is 15.1. The SMILES string of the molecule is CC1(C)CCN(C(=O)c2cc(S(=O)(=O)Cl)c(Br)o2)CC1. The van der Waals surface area contributed by atoms with Gasteiger partial charge in [-0.3, -0.25) is 4.79 Å². The van der Waals surface area contributed by atoms with Crippen LogP contribution in [0.1, 0.15) is 37.2 Å². The predicted octanol–water partition coefficient (Wildman–Crippen LogP) is 3.23. The topological polar surface area (TPSA) is 67.6 Å². The van der Waals surface area contributed by atoms with Gasteiger partial charge in [0.2, 0.25) is 0 Å². The molecule has 1 aromatic rings. The zero-order valence-corrected chi connectivity index (χ0v) is 14.3. The van der Waals surface area contributed by atoms with Gasteiger partial charge in [0.1, 0.15) is 4.90 Å². The lowest BCUT2D eigenvalue weighted by Crippen LogP contribution is -2.41. The van der Waals surface area contributed by atoms with Crippen molar-refractivity contribution in [3.63, 3.8) is 0 Å². The first kappa shape index (κ1) is 15.9. The van der Waals surface area contributed by atoms with Crippen LogP contribution in [0.15, 0.2) is 20.0 Å². The lowest BCUT2D eigenvalue weighted by atomic mass is 9.82. The Balaban J connectivity index is 2.19. The largest absolute Gasteiger partial charge is 0.443 e. The van der Waals surface area contributed by atoms with Gasteiger partial charge in [-0.2, -0.15) is 0 Å². The minimum absolute atomic E-state index is 0.0178. The van der Waals surface area contributed by atoms with E-state index in [1.165, 1.54) is 0 Å². The van der Waals surface area contributed by atoms with Crippen molar-refractivity contribution < 1.29 is 17.6 Å². The molecule has 1 saturated heterocycles. The van der Waals surface area contributed by atoms with Crippen molar-refractivity contribution in [3.8, 4) is 0 Å².